The van der Waals surface area contributed by atoms with Gasteiger partial charge in [0, 0.05) is 58.9 Å². The number of hydrogen-bond donors (Lipinski definition) is 0. The second-order valence-electron chi connectivity index (χ2n) is 16.6. The van der Waals surface area contributed by atoms with E-state index in [9.17, 15) is 13.2 Å². The Labute approximate surface area is 305 Å². The molecule has 0 radical (unpaired) electrons. The normalized spacial score (nSPS) is 17.3. The van der Waals surface area contributed by atoms with Gasteiger partial charge in [0.15, 0.2) is 11.4 Å². The predicted octanol–water partition coefficient (Wildman–Crippen LogP) is 7.53. The van der Waals surface area contributed by atoms with Crippen LogP contribution in [-0.2, 0) is 19.3 Å². The molecule has 3 aromatic heterocycles. The summed E-state index contributed by atoms with van der Waals surface area (Å²) in [4.78, 5) is 21.1. The molecule has 278 valence electrons. The maximum Gasteiger partial charge on any atom is 0.165 e. The van der Waals surface area contributed by atoms with Gasteiger partial charge < -0.3 is 14.4 Å². The van der Waals surface area contributed by atoms with Crippen molar-refractivity contribution in [3.63, 3.8) is 0 Å². The summed E-state index contributed by atoms with van der Waals surface area (Å²) in [7, 11) is -5.76. The number of carbonyl (C=O) groups is 1. The van der Waals surface area contributed by atoms with Gasteiger partial charge in [-0.05, 0) is 62.7 Å². The fourth-order valence-corrected chi connectivity index (χ4v) is 9.31. The number of rotatable bonds is 17. The van der Waals surface area contributed by atoms with Gasteiger partial charge in [-0.15, -0.1) is 0 Å². The summed E-state index contributed by atoms with van der Waals surface area (Å²) >= 11 is 0. The van der Waals surface area contributed by atoms with Crippen LogP contribution in [0.2, 0.25) is 51.4 Å². The molecule has 0 unspecified atom stereocenters. The number of fused-ring (bicyclic) bond motifs is 1. The molecule has 0 aliphatic heterocycles. The Hall–Kier alpha value is -3.18. The Balaban J connectivity index is 1.61. The topological polar surface area (TPSA) is 121 Å². The monoisotopic (exact) mass is 752 g/mol. The minimum absolute atomic E-state index is 0.0132. The Bertz CT molecular complexity index is 1870. The molecule has 1 fully saturated rings. The lowest BCUT2D eigenvalue weighted by Gasteiger charge is -2.32. The molecule has 1 aromatic carbocycles. The number of para-hydroxylation sites is 1. The van der Waals surface area contributed by atoms with Gasteiger partial charge in [0.25, 0.3) is 0 Å². The van der Waals surface area contributed by atoms with E-state index in [-0.39, 0.29) is 36.8 Å². The molecule has 1 aliphatic carbocycles. The number of anilines is 1. The maximum atomic E-state index is 13.8. The number of ether oxygens (including phenoxy) is 2. The van der Waals surface area contributed by atoms with Gasteiger partial charge in [-0.1, -0.05) is 57.5 Å². The standard InChI is InChI=1S/C37H56N6O5SSi2/c1-28(44)34-35(30-16-14-29(15-17-30)25-49(2,45)46)40-36-33(31-22-38-42(24-31)32-12-10-9-11-13-32)23-39-43(36)37(34)41(26-47-18-20-50(3,4)5)27-48-19-21-51(6,7)8/h9-13,22-24,29-30H,14-21,25-27H2,1-8H3/t29-,30-. The summed E-state index contributed by atoms with van der Waals surface area (Å²) in [5.74, 6) is 0.789. The maximum absolute atomic E-state index is 13.8. The molecule has 0 saturated heterocycles. The molecule has 3 heterocycles. The van der Waals surface area contributed by atoms with Crippen molar-refractivity contribution in [3.05, 3.63) is 60.2 Å². The van der Waals surface area contributed by atoms with Crippen molar-refractivity contribution in [2.45, 2.75) is 89.9 Å². The summed E-state index contributed by atoms with van der Waals surface area (Å²) in [5, 5.41) is 9.52. The van der Waals surface area contributed by atoms with Crippen molar-refractivity contribution in [2.24, 2.45) is 5.92 Å². The lowest BCUT2D eigenvalue weighted by Crippen LogP contribution is -2.35. The van der Waals surface area contributed by atoms with Crippen molar-refractivity contribution in [1.29, 1.82) is 0 Å². The third-order valence-corrected chi connectivity index (χ3v) is 14.0. The zero-order valence-electron chi connectivity index (χ0n) is 31.7. The summed E-state index contributed by atoms with van der Waals surface area (Å²) in [5.41, 5.74) is 4.48. The Morgan fingerprint density at radius 1 is 0.902 bits per heavy atom. The van der Waals surface area contributed by atoms with E-state index in [1.54, 1.807) is 17.6 Å². The molecule has 0 N–H and O–H groups in total. The molecule has 1 aliphatic rings. The summed E-state index contributed by atoms with van der Waals surface area (Å²) in [6.07, 6.45) is 9.91. The number of Topliss-reactive ketones (excluding diaryl/α,β-unsaturated/α-hetero) is 1. The highest BCUT2D eigenvalue weighted by molar-refractivity contribution is 7.90. The average Bonchev–Trinajstić information content (AvgIpc) is 3.70. The molecule has 11 nitrogen and oxygen atoms in total. The molecule has 1 saturated carbocycles. The zero-order chi connectivity index (χ0) is 37.0. The molecule has 0 spiro atoms. The third-order valence-electron chi connectivity index (χ3n) is 9.48. The van der Waals surface area contributed by atoms with E-state index in [0.717, 1.165) is 60.3 Å². The van der Waals surface area contributed by atoms with E-state index in [4.69, 9.17) is 19.6 Å². The summed E-state index contributed by atoms with van der Waals surface area (Å²) in [6.45, 7) is 17.3. The highest BCUT2D eigenvalue weighted by atomic mass is 32.2. The van der Waals surface area contributed by atoms with Crippen LogP contribution < -0.4 is 4.90 Å². The fourth-order valence-electron chi connectivity index (χ4n) is 6.60. The minimum Gasteiger partial charge on any atom is -0.361 e. The highest BCUT2D eigenvalue weighted by Crippen LogP contribution is 2.41. The van der Waals surface area contributed by atoms with Gasteiger partial charge in [0.05, 0.1) is 35.1 Å². The quantitative estimate of drug-likeness (QED) is 0.0466. The van der Waals surface area contributed by atoms with Crippen molar-refractivity contribution < 1.29 is 22.7 Å². The first-order valence-electron chi connectivity index (χ1n) is 18.1. The highest BCUT2D eigenvalue weighted by Gasteiger charge is 2.33. The Kier molecular flexibility index (Phi) is 12.4. The van der Waals surface area contributed by atoms with E-state index in [1.807, 2.05) is 52.3 Å². The van der Waals surface area contributed by atoms with E-state index in [0.29, 0.717) is 30.2 Å². The van der Waals surface area contributed by atoms with E-state index in [2.05, 4.69) is 44.4 Å². The number of nitrogens with zero attached hydrogens (tertiary/aromatic N) is 6. The van der Waals surface area contributed by atoms with Crippen LogP contribution in [0.5, 0.6) is 0 Å². The van der Waals surface area contributed by atoms with Gasteiger partial charge in [-0.2, -0.15) is 14.7 Å². The zero-order valence-corrected chi connectivity index (χ0v) is 34.5. The van der Waals surface area contributed by atoms with Gasteiger partial charge in [0.2, 0.25) is 0 Å². The van der Waals surface area contributed by atoms with Crippen molar-refractivity contribution in [2.75, 3.05) is 43.6 Å². The first-order chi connectivity index (χ1) is 24.0. The molecule has 0 atom stereocenters. The predicted molar refractivity (Wildman–Crippen MR) is 210 cm³/mol. The van der Waals surface area contributed by atoms with Crippen LogP contribution in [0.1, 0.15) is 54.6 Å². The second-order valence-corrected chi connectivity index (χ2v) is 30.0. The van der Waals surface area contributed by atoms with Gasteiger partial charge >= 0.3 is 0 Å². The Morgan fingerprint density at radius 3 is 2.06 bits per heavy atom. The lowest BCUT2D eigenvalue weighted by atomic mass is 9.79. The second kappa shape index (κ2) is 16.2. The smallest absolute Gasteiger partial charge is 0.165 e. The van der Waals surface area contributed by atoms with Crippen LogP contribution in [0.15, 0.2) is 48.9 Å². The number of benzene rings is 1. The van der Waals surface area contributed by atoms with Gasteiger partial charge in [-0.3, -0.25) is 4.79 Å². The SMILES string of the molecule is CC(=O)c1c(N(COCC[Si](C)(C)C)COCC[Si](C)(C)C)n2ncc(-c3cnn(-c4ccccc4)c3)c2nc1[C@H]1CC[C@H](CS(C)(=O)=O)CC1. The van der Waals surface area contributed by atoms with Crippen LogP contribution in [0.4, 0.5) is 5.82 Å². The largest absolute Gasteiger partial charge is 0.361 e. The van der Waals surface area contributed by atoms with Crippen molar-refractivity contribution in [1.82, 2.24) is 24.4 Å². The Morgan fingerprint density at radius 2 is 1.51 bits per heavy atom. The first-order valence-corrected chi connectivity index (χ1v) is 27.6. The number of ketones is 1. The molecule has 4 aromatic rings. The van der Waals surface area contributed by atoms with Crippen LogP contribution in [0.25, 0.3) is 22.5 Å². The van der Waals surface area contributed by atoms with Crippen LogP contribution in [0.3, 0.4) is 0 Å². The molecule has 0 bridgehead atoms. The summed E-state index contributed by atoms with van der Waals surface area (Å²) in [6, 6.07) is 12.0. The summed E-state index contributed by atoms with van der Waals surface area (Å²) < 4.78 is 40.5. The van der Waals surface area contributed by atoms with E-state index < -0.39 is 26.0 Å². The van der Waals surface area contributed by atoms with E-state index >= 15 is 0 Å². The van der Waals surface area contributed by atoms with Gasteiger partial charge in [-0.25, -0.2) is 18.1 Å². The fraction of sp³-hybridized carbons (Fsp3) is 0.568. The number of sulfone groups is 1. The molecular weight excluding hydrogens is 697 g/mol. The van der Waals surface area contributed by atoms with Crippen molar-refractivity contribution >= 4 is 43.2 Å². The molecule has 14 heteroatoms. The number of hydrogen-bond acceptors (Lipinski definition) is 9. The molecule has 51 heavy (non-hydrogen) atoms. The molecular formula is C37H56N6O5SSi2. The molecule has 5 rings (SSSR count). The molecule has 0 amide bonds. The number of aromatic nitrogens is 5. The van der Waals surface area contributed by atoms with Gasteiger partial charge in [0.1, 0.15) is 29.1 Å². The first kappa shape index (κ1) is 39.0. The van der Waals surface area contributed by atoms with Crippen molar-refractivity contribution in [3.8, 4) is 16.8 Å². The van der Waals surface area contributed by atoms with Crippen LogP contribution in [-0.4, -0.2) is 93.4 Å². The number of carbonyl (C=O) groups excluding carboxylic acids is 1. The average molecular weight is 753 g/mol. The van der Waals surface area contributed by atoms with E-state index in [1.165, 1.54) is 6.26 Å². The minimum atomic E-state index is -3.08. The van der Waals surface area contributed by atoms with Crippen LogP contribution >= 0.6 is 0 Å². The van der Waals surface area contributed by atoms with Crippen LogP contribution in [0, 0.1) is 5.92 Å². The lowest BCUT2D eigenvalue weighted by molar-refractivity contribution is 0.0931. The third kappa shape index (κ3) is 10.7.